The lowest BCUT2D eigenvalue weighted by Crippen LogP contribution is -2.26. The van der Waals surface area contributed by atoms with E-state index in [-0.39, 0.29) is 6.54 Å². The van der Waals surface area contributed by atoms with Crippen LogP contribution in [0.15, 0.2) is 24.5 Å². The van der Waals surface area contributed by atoms with Gasteiger partial charge in [-0.3, -0.25) is 4.79 Å². The number of benzene rings is 1. The summed E-state index contributed by atoms with van der Waals surface area (Å²) in [6.07, 6.45) is 2.38. The Hall–Kier alpha value is -2.17. The summed E-state index contributed by atoms with van der Waals surface area (Å²) >= 11 is 0. The van der Waals surface area contributed by atoms with Crippen molar-refractivity contribution in [3.63, 3.8) is 0 Å². The number of aromatic nitrogens is 2. The molecule has 94 valence electrons. The molecule has 0 unspecified atom stereocenters. The summed E-state index contributed by atoms with van der Waals surface area (Å²) in [4.78, 5) is 20.8. The second kappa shape index (κ2) is 5.00. The molecule has 0 fully saturated rings. The van der Waals surface area contributed by atoms with E-state index in [2.05, 4.69) is 16.9 Å². The van der Waals surface area contributed by atoms with Crippen LogP contribution < -0.4 is 4.90 Å². The minimum absolute atomic E-state index is 0.0809. The van der Waals surface area contributed by atoms with Crippen LogP contribution in [-0.4, -0.2) is 34.6 Å². The molecular weight excluding hydrogens is 230 g/mol. The van der Waals surface area contributed by atoms with Gasteiger partial charge in [-0.1, -0.05) is 13.0 Å². The van der Waals surface area contributed by atoms with Gasteiger partial charge in [0.25, 0.3) is 0 Å². The van der Waals surface area contributed by atoms with E-state index >= 15 is 0 Å². The first-order valence-corrected chi connectivity index (χ1v) is 5.78. The van der Waals surface area contributed by atoms with E-state index in [0.717, 1.165) is 17.3 Å². The van der Waals surface area contributed by atoms with Crippen LogP contribution in [0.4, 0.5) is 5.82 Å². The number of hydrogen-bond donors (Lipinski definition) is 1. The second-order valence-electron chi connectivity index (χ2n) is 4.15. The van der Waals surface area contributed by atoms with Crippen molar-refractivity contribution in [2.24, 2.45) is 0 Å². The molecule has 0 aliphatic heterocycles. The monoisotopic (exact) mass is 245 g/mol. The maximum atomic E-state index is 10.8. The smallest absolute Gasteiger partial charge is 0.323 e. The first kappa shape index (κ1) is 12.3. The van der Waals surface area contributed by atoms with Crippen molar-refractivity contribution in [1.29, 1.82) is 0 Å². The number of nitrogens with zero attached hydrogens (tertiary/aromatic N) is 3. The van der Waals surface area contributed by atoms with Crippen LogP contribution in [0.3, 0.4) is 0 Å². The molecule has 18 heavy (non-hydrogen) atoms. The van der Waals surface area contributed by atoms with E-state index in [0.29, 0.717) is 5.82 Å². The van der Waals surface area contributed by atoms with E-state index in [1.165, 1.54) is 11.9 Å². The minimum Gasteiger partial charge on any atom is -0.480 e. The van der Waals surface area contributed by atoms with E-state index in [1.807, 2.05) is 18.2 Å². The largest absolute Gasteiger partial charge is 0.480 e. The first-order chi connectivity index (χ1) is 8.61. The molecule has 2 rings (SSSR count). The summed E-state index contributed by atoms with van der Waals surface area (Å²) in [5.74, 6) is -0.228. The normalized spacial score (nSPS) is 10.6. The summed E-state index contributed by atoms with van der Waals surface area (Å²) in [6, 6.07) is 5.98. The molecule has 0 radical (unpaired) electrons. The predicted molar refractivity (Wildman–Crippen MR) is 69.8 cm³/mol. The van der Waals surface area contributed by atoms with Gasteiger partial charge in [0, 0.05) is 12.4 Å². The van der Waals surface area contributed by atoms with E-state index in [4.69, 9.17) is 5.11 Å². The SMILES string of the molecule is CCc1ccc2ncnc(N(C)CC(=O)O)c2c1. The van der Waals surface area contributed by atoms with Crippen LogP contribution in [0.2, 0.25) is 0 Å². The van der Waals surface area contributed by atoms with E-state index in [1.54, 1.807) is 11.9 Å². The molecule has 0 aliphatic rings. The van der Waals surface area contributed by atoms with Gasteiger partial charge in [0.1, 0.15) is 18.7 Å². The summed E-state index contributed by atoms with van der Waals surface area (Å²) in [5, 5.41) is 9.72. The number of anilines is 1. The Labute approximate surface area is 105 Å². The Bertz CT molecular complexity index is 583. The van der Waals surface area contributed by atoms with Gasteiger partial charge in [-0.15, -0.1) is 0 Å². The molecule has 1 N–H and O–H groups in total. The van der Waals surface area contributed by atoms with Crippen LogP contribution in [0.1, 0.15) is 12.5 Å². The predicted octanol–water partition coefficient (Wildman–Crippen LogP) is 1.71. The molecule has 0 spiro atoms. The fourth-order valence-electron chi connectivity index (χ4n) is 1.89. The van der Waals surface area contributed by atoms with Gasteiger partial charge in [-0.2, -0.15) is 0 Å². The molecule has 0 amide bonds. The van der Waals surface area contributed by atoms with Gasteiger partial charge in [0.05, 0.1) is 5.52 Å². The first-order valence-electron chi connectivity index (χ1n) is 5.78. The van der Waals surface area contributed by atoms with Crippen molar-refractivity contribution in [2.45, 2.75) is 13.3 Å². The Morgan fingerprint density at radius 3 is 2.83 bits per heavy atom. The standard InChI is InChI=1S/C13H15N3O2/c1-3-9-4-5-11-10(6-9)13(15-8-14-11)16(2)7-12(17)18/h4-6,8H,3,7H2,1-2H3,(H,17,18). The number of fused-ring (bicyclic) bond motifs is 1. The zero-order chi connectivity index (χ0) is 13.1. The van der Waals surface area contributed by atoms with E-state index in [9.17, 15) is 4.79 Å². The van der Waals surface area contributed by atoms with Crippen LogP contribution in [0, 0.1) is 0 Å². The van der Waals surface area contributed by atoms with Crippen molar-refractivity contribution in [2.75, 3.05) is 18.5 Å². The highest BCUT2D eigenvalue weighted by Crippen LogP contribution is 2.23. The molecule has 0 aliphatic carbocycles. The quantitative estimate of drug-likeness (QED) is 0.888. The van der Waals surface area contributed by atoms with Gasteiger partial charge >= 0.3 is 5.97 Å². The number of aryl methyl sites for hydroxylation is 1. The van der Waals surface area contributed by atoms with Crippen LogP contribution in [0.5, 0.6) is 0 Å². The molecule has 0 saturated carbocycles. The number of aliphatic carboxylic acids is 1. The fourth-order valence-corrected chi connectivity index (χ4v) is 1.89. The van der Waals surface area contributed by atoms with Gasteiger partial charge in [0.15, 0.2) is 0 Å². The summed E-state index contributed by atoms with van der Waals surface area (Å²) < 4.78 is 0. The van der Waals surface area contributed by atoms with Crippen LogP contribution in [0.25, 0.3) is 10.9 Å². The molecule has 2 aromatic rings. The van der Waals surface area contributed by atoms with Crippen molar-refractivity contribution in [3.05, 3.63) is 30.1 Å². The zero-order valence-electron chi connectivity index (χ0n) is 10.4. The number of hydrogen-bond acceptors (Lipinski definition) is 4. The third kappa shape index (κ3) is 2.40. The highest BCUT2D eigenvalue weighted by Gasteiger charge is 2.11. The van der Waals surface area contributed by atoms with Crippen LogP contribution >= 0.6 is 0 Å². The zero-order valence-corrected chi connectivity index (χ0v) is 10.4. The number of carboxylic acids is 1. The Morgan fingerprint density at radius 2 is 2.17 bits per heavy atom. The molecule has 1 aromatic carbocycles. The van der Waals surface area contributed by atoms with Crippen molar-refractivity contribution < 1.29 is 9.90 Å². The molecule has 5 nitrogen and oxygen atoms in total. The Balaban J connectivity index is 2.52. The second-order valence-corrected chi connectivity index (χ2v) is 4.15. The van der Waals surface area contributed by atoms with E-state index < -0.39 is 5.97 Å². The molecule has 1 aromatic heterocycles. The van der Waals surface area contributed by atoms with Crippen molar-refractivity contribution in [1.82, 2.24) is 9.97 Å². The third-order valence-corrected chi connectivity index (χ3v) is 2.82. The van der Waals surface area contributed by atoms with Crippen molar-refractivity contribution in [3.8, 4) is 0 Å². The summed E-state index contributed by atoms with van der Waals surface area (Å²) in [5.41, 5.74) is 2.01. The van der Waals surface area contributed by atoms with Gasteiger partial charge in [-0.25, -0.2) is 9.97 Å². The lowest BCUT2D eigenvalue weighted by Gasteiger charge is -2.17. The summed E-state index contributed by atoms with van der Waals surface area (Å²) in [7, 11) is 1.72. The van der Waals surface area contributed by atoms with Gasteiger partial charge in [0.2, 0.25) is 0 Å². The molecule has 0 atom stereocenters. The topological polar surface area (TPSA) is 66.3 Å². The molecule has 1 heterocycles. The summed E-state index contributed by atoms with van der Waals surface area (Å²) in [6.45, 7) is 1.99. The average Bonchev–Trinajstić information content (AvgIpc) is 2.36. The maximum Gasteiger partial charge on any atom is 0.323 e. The number of likely N-dealkylation sites (N-methyl/N-ethyl adjacent to an activating group) is 1. The highest BCUT2D eigenvalue weighted by molar-refractivity contribution is 5.91. The highest BCUT2D eigenvalue weighted by atomic mass is 16.4. The minimum atomic E-state index is -0.879. The number of carboxylic acid groups (broad SMARTS) is 1. The van der Waals surface area contributed by atoms with Gasteiger partial charge < -0.3 is 10.0 Å². The lowest BCUT2D eigenvalue weighted by atomic mass is 10.1. The molecule has 5 heteroatoms. The van der Waals surface area contributed by atoms with Crippen molar-refractivity contribution >= 4 is 22.7 Å². The lowest BCUT2D eigenvalue weighted by molar-refractivity contribution is -0.135. The number of rotatable bonds is 4. The van der Waals surface area contributed by atoms with Gasteiger partial charge in [-0.05, 0) is 24.1 Å². The van der Waals surface area contributed by atoms with Crippen LogP contribution in [-0.2, 0) is 11.2 Å². The molecular formula is C13H15N3O2. The Kier molecular flexibility index (Phi) is 3.41. The number of carbonyl (C=O) groups is 1. The molecule has 0 saturated heterocycles. The average molecular weight is 245 g/mol. The maximum absolute atomic E-state index is 10.8. The third-order valence-electron chi connectivity index (χ3n) is 2.82. The Morgan fingerprint density at radius 1 is 1.39 bits per heavy atom. The molecule has 0 bridgehead atoms. The fraction of sp³-hybridized carbons (Fsp3) is 0.308.